The number of carbonyl (C=O) groups is 2. The standard InChI is InChI=1S/C18H24N2O2/c1-11-6-7-12(2)15-14(11)10-13(16(21)20-15)8-9-19-17(22)18(3,4)5/h6-7,10,13H,8-9H2,1-5H3,(H,19,22). The number of aryl methyl sites for hydroxylation is 2. The van der Waals surface area contributed by atoms with E-state index in [4.69, 9.17) is 0 Å². The van der Waals surface area contributed by atoms with Crippen LogP contribution in [-0.4, -0.2) is 18.4 Å². The molecule has 2 amide bonds. The number of carbonyl (C=O) groups excluding carboxylic acids is 2. The normalized spacial score (nSPS) is 17.3. The van der Waals surface area contributed by atoms with Gasteiger partial charge in [0.15, 0.2) is 0 Å². The molecule has 4 heteroatoms. The third-order valence-electron chi connectivity index (χ3n) is 3.97. The molecule has 1 aliphatic heterocycles. The summed E-state index contributed by atoms with van der Waals surface area (Å²) in [5.41, 5.74) is 1.73. The van der Waals surface area contributed by atoms with E-state index in [0.29, 0.717) is 13.0 Å². The highest BCUT2D eigenvalue weighted by atomic mass is 16.2. The van der Waals surface area contributed by atoms with Crippen LogP contribution in [0.4, 0.5) is 0 Å². The number of nitrogens with one attached hydrogen (secondary N) is 1. The molecule has 1 atom stereocenters. The zero-order valence-corrected chi connectivity index (χ0v) is 14.0. The average molecular weight is 300 g/mol. The summed E-state index contributed by atoms with van der Waals surface area (Å²) in [7, 11) is 0. The SMILES string of the molecule is Cc1ccc(C)c2c1=CC(CCNC(=O)C(C)(C)C)C(=O)N=2. The molecule has 1 heterocycles. The smallest absolute Gasteiger partial charge is 0.253 e. The lowest BCUT2D eigenvalue weighted by atomic mass is 9.94. The van der Waals surface area contributed by atoms with E-state index in [1.54, 1.807) is 0 Å². The van der Waals surface area contributed by atoms with Crippen molar-refractivity contribution in [2.24, 2.45) is 16.3 Å². The number of nitrogens with zero attached hydrogens (tertiary/aromatic N) is 1. The first-order valence-electron chi connectivity index (χ1n) is 7.69. The minimum absolute atomic E-state index is 0.000113. The fraction of sp³-hybridized carbons (Fsp3) is 0.500. The minimum Gasteiger partial charge on any atom is -0.356 e. The Morgan fingerprint density at radius 1 is 1.23 bits per heavy atom. The van der Waals surface area contributed by atoms with Crippen LogP contribution in [0.5, 0.6) is 0 Å². The molecule has 0 fully saturated rings. The van der Waals surface area contributed by atoms with Crippen LogP contribution in [0.1, 0.15) is 38.3 Å². The Bertz CT molecular complexity index is 727. The summed E-state index contributed by atoms with van der Waals surface area (Å²) in [5, 5.41) is 4.73. The van der Waals surface area contributed by atoms with E-state index in [-0.39, 0.29) is 17.7 Å². The van der Waals surface area contributed by atoms with Gasteiger partial charge in [-0.2, -0.15) is 0 Å². The Balaban J connectivity index is 2.14. The van der Waals surface area contributed by atoms with Gasteiger partial charge in [0, 0.05) is 17.2 Å². The maximum Gasteiger partial charge on any atom is 0.253 e. The largest absolute Gasteiger partial charge is 0.356 e. The molecule has 0 saturated carbocycles. The van der Waals surface area contributed by atoms with Crippen molar-refractivity contribution in [3.8, 4) is 0 Å². The van der Waals surface area contributed by atoms with Crippen molar-refractivity contribution >= 4 is 17.9 Å². The second-order valence-electron chi connectivity index (χ2n) is 6.98. The minimum atomic E-state index is -0.412. The first-order valence-corrected chi connectivity index (χ1v) is 7.69. The third kappa shape index (κ3) is 3.43. The van der Waals surface area contributed by atoms with Crippen LogP contribution >= 0.6 is 0 Å². The molecular weight excluding hydrogens is 276 g/mol. The molecule has 0 radical (unpaired) electrons. The highest BCUT2D eigenvalue weighted by molar-refractivity contribution is 5.86. The zero-order valence-electron chi connectivity index (χ0n) is 14.0. The van der Waals surface area contributed by atoms with E-state index in [1.807, 2.05) is 46.8 Å². The van der Waals surface area contributed by atoms with E-state index in [0.717, 1.165) is 21.7 Å². The Hall–Kier alpha value is -1.97. The van der Waals surface area contributed by atoms with Gasteiger partial charge in [-0.15, -0.1) is 0 Å². The fourth-order valence-electron chi connectivity index (χ4n) is 2.46. The molecule has 118 valence electrons. The molecule has 1 aliphatic rings. The van der Waals surface area contributed by atoms with Crippen molar-refractivity contribution in [1.82, 2.24) is 5.32 Å². The molecule has 1 aromatic rings. The van der Waals surface area contributed by atoms with Gasteiger partial charge in [0.05, 0.1) is 11.3 Å². The van der Waals surface area contributed by atoms with Gasteiger partial charge in [0.25, 0.3) is 5.91 Å². The van der Waals surface area contributed by atoms with Gasteiger partial charge < -0.3 is 5.32 Å². The topological polar surface area (TPSA) is 58.5 Å². The van der Waals surface area contributed by atoms with Crippen LogP contribution in [0, 0.1) is 25.2 Å². The van der Waals surface area contributed by atoms with Crippen molar-refractivity contribution in [3.05, 3.63) is 33.8 Å². The summed E-state index contributed by atoms with van der Waals surface area (Å²) >= 11 is 0. The van der Waals surface area contributed by atoms with E-state index in [2.05, 4.69) is 16.4 Å². The van der Waals surface area contributed by atoms with Gasteiger partial charge >= 0.3 is 0 Å². The molecule has 1 unspecified atom stereocenters. The van der Waals surface area contributed by atoms with Crippen LogP contribution in [-0.2, 0) is 9.59 Å². The molecule has 22 heavy (non-hydrogen) atoms. The predicted octanol–water partition coefficient (Wildman–Crippen LogP) is 1.41. The van der Waals surface area contributed by atoms with Crippen molar-refractivity contribution in [1.29, 1.82) is 0 Å². The molecule has 0 aromatic heterocycles. The summed E-state index contributed by atoms with van der Waals surface area (Å²) < 4.78 is 0. The van der Waals surface area contributed by atoms with Crippen LogP contribution in [0.15, 0.2) is 17.1 Å². The van der Waals surface area contributed by atoms with Gasteiger partial charge in [0.1, 0.15) is 0 Å². The third-order valence-corrected chi connectivity index (χ3v) is 3.97. The van der Waals surface area contributed by atoms with Crippen LogP contribution in [0.25, 0.3) is 6.08 Å². The van der Waals surface area contributed by atoms with E-state index in [1.165, 1.54) is 0 Å². The lowest BCUT2D eigenvalue weighted by Gasteiger charge is -2.19. The van der Waals surface area contributed by atoms with Crippen molar-refractivity contribution in [2.75, 3.05) is 6.54 Å². The molecule has 2 rings (SSSR count). The Morgan fingerprint density at radius 2 is 1.86 bits per heavy atom. The quantitative estimate of drug-likeness (QED) is 0.917. The lowest BCUT2D eigenvalue weighted by Crippen LogP contribution is -2.39. The molecule has 0 aliphatic carbocycles. The number of hydrogen-bond acceptors (Lipinski definition) is 2. The van der Waals surface area contributed by atoms with Crippen molar-refractivity contribution < 1.29 is 9.59 Å². The van der Waals surface area contributed by atoms with Crippen molar-refractivity contribution in [3.63, 3.8) is 0 Å². The van der Waals surface area contributed by atoms with Gasteiger partial charge in [-0.1, -0.05) is 39.0 Å². The lowest BCUT2D eigenvalue weighted by molar-refractivity contribution is -0.128. The summed E-state index contributed by atoms with van der Waals surface area (Å²) in [5.74, 6) is -0.375. The second-order valence-corrected chi connectivity index (χ2v) is 6.98. The first-order chi connectivity index (χ1) is 10.2. The maximum atomic E-state index is 12.2. The van der Waals surface area contributed by atoms with Gasteiger partial charge in [-0.25, -0.2) is 4.99 Å². The molecule has 4 nitrogen and oxygen atoms in total. The van der Waals surface area contributed by atoms with Crippen molar-refractivity contribution in [2.45, 2.75) is 41.0 Å². The average Bonchev–Trinajstić information content (AvgIpc) is 2.43. The molecule has 0 bridgehead atoms. The number of hydrogen-bond donors (Lipinski definition) is 1. The van der Waals surface area contributed by atoms with E-state index in [9.17, 15) is 9.59 Å². The van der Waals surface area contributed by atoms with Crippen LogP contribution in [0.2, 0.25) is 0 Å². The Kier molecular flexibility index (Phi) is 4.50. The number of amides is 2. The zero-order chi connectivity index (χ0) is 16.5. The van der Waals surface area contributed by atoms with Gasteiger partial charge in [-0.05, 0) is 31.4 Å². The number of rotatable bonds is 3. The summed E-state index contributed by atoms with van der Waals surface area (Å²) in [6.07, 6.45) is 2.58. The van der Waals surface area contributed by atoms with Crippen LogP contribution in [0.3, 0.4) is 0 Å². The summed E-state index contributed by atoms with van der Waals surface area (Å²) in [6.45, 7) is 10.1. The molecular formula is C18H24N2O2. The monoisotopic (exact) mass is 300 g/mol. The van der Waals surface area contributed by atoms with Gasteiger partial charge in [0.2, 0.25) is 5.91 Å². The summed E-state index contributed by atoms with van der Waals surface area (Å²) in [6, 6.07) is 4.04. The number of fused-ring (bicyclic) bond motifs is 1. The van der Waals surface area contributed by atoms with E-state index < -0.39 is 5.41 Å². The van der Waals surface area contributed by atoms with Crippen LogP contribution < -0.4 is 15.9 Å². The van der Waals surface area contributed by atoms with E-state index >= 15 is 0 Å². The number of benzene rings is 1. The van der Waals surface area contributed by atoms with Gasteiger partial charge in [-0.3, -0.25) is 9.59 Å². The predicted molar refractivity (Wildman–Crippen MR) is 86.7 cm³/mol. The first kappa shape index (κ1) is 16.4. The molecule has 1 aromatic carbocycles. The summed E-state index contributed by atoms with van der Waals surface area (Å²) in [4.78, 5) is 28.3. The maximum absolute atomic E-state index is 12.2. The second kappa shape index (κ2) is 6.03. The highest BCUT2D eigenvalue weighted by Gasteiger charge is 2.23. The fourth-order valence-corrected chi connectivity index (χ4v) is 2.46. The Labute approximate surface area is 131 Å². The molecule has 0 spiro atoms. The Morgan fingerprint density at radius 3 is 2.50 bits per heavy atom. The molecule has 1 N–H and O–H groups in total. The highest BCUT2D eigenvalue weighted by Crippen LogP contribution is 2.14. The molecule has 0 saturated heterocycles.